The molecule has 1 aromatic carbocycles. The summed E-state index contributed by atoms with van der Waals surface area (Å²) in [6.07, 6.45) is 3.92. The van der Waals surface area contributed by atoms with E-state index in [1.807, 2.05) is 23.6 Å². The third-order valence-corrected chi connectivity index (χ3v) is 9.60. The minimum atomic E-state index is -3.84. The third kappa shape index (κ3) is 4.42. The van der Waals surface area contributed by atoms with Crippen LogP contribution >= 0.6 is 11.3 Å². The summed E-state index contributed by atoms with van der Waals surface area (Å²) in [5.41, 5.74) is 1.25. The van der Waals surface area contributed by atoms with Crippen LogP contribution in [0.3, 0.4) is 0 Å². The molecule has 1 aliphatic carbocycles. The molecule has 0 bridgehead atoms. The molecule has 0 aliphatic heterocycles. The van der Waals surface area contributed by atoms with Gasteiger partial charge in [0, 0.05) is 24.8 Å². The van der Waals surface area contributed by atoms with E-state index < -0.39 is 15.6 Å². The second kappa shape index (κ2) is 8.66. The Morgan fingerprint density at radius 3 is 2.52 bits per heavy atom. The summed E-state index contributed by atoms with van der Waals surface area (Å²) >= 11 is 1.41. The maximum atomic E-state index is 13.6. The van der Waals surface area contributed by atoms with E-state index in [1.54, 1.807) is 33.0 Å². The summed E-state index contributed by atoms with van der Waals surface area (Å²) in [6, 6.07) is 4.97. The number of thiazole rings is 1. The standard InChI is InChI=1S/C23H31N3O5S2/c1-14-21(26-13-20(23(2,3)28)32-22(26)24-14)15-6-11-18(31-5)19(12-15)33(29,30)25(4)16-7-9-17(27)10-8-16/h6,11-13,16-17,27-28H,7-10H2,1-5H3. The number of sulfonamides is 1. The molecule has 4 rings (SSSR count). The average molecular weight is 494 g/mol. The number of ether oxygens (including phenoxy) is 1. The number of hydrogen-bond acceptors (Lipinski definition) is 7. The van der Waals surface area contributed by atoms with Gasteiger partial charge in [-0.05, 0) is 64.7 Å². The van der Waals surface area contributed by atoms with Gasteiger partial charge in [0.15, 0.2) is 4.96 Å². The van der Waals surface area contributed by atoms with Crippen LogP contribution in [0.5, 0.6) is 5.75 Å². The second-order valence-electron chi connectivity index (χ2n) is 9.20. The first-order chi connectivity index (χ1) is 15.4. The topological polar surface area (TPSA) is 104 Å². The lowest BCUT2D eigenvalue weighted by molar-refractivity contribution is 0.0822. The quantitative estimate of drug-likeness (QED) is 0.544. The fourth-order valence-corrected chi connectivity index (χ4v) is 7.01. The average Bonchev–Trinajstić information content (AvgIpc) is 3.30. The normalized spacial score (nSPS) is 20.0. The molecular formula is C23H31N3O5S2. The van der Waals surface area contributed by atoms with E-state index in [2.05, 4.69) is 4.98 Å². The van der Waals surface area contributed by atoms with Crippen LogP contribution in [-0.4, -0.2) is 58.6 Å². The lowest BCUT2D eigenvalue weighted by atomic mass is 9.93. The highest BCUT2D eigenvalue weighted by Crippen LogP contribution is 2.37. The Kier molecular flexibility index (Phi) is 6.34. The van der Waals surface area contributed by atoms with Crippen LogP contribution < -0.4 is 4.74 Å². The molecule has 3 aromatic rings. The van der Waals surface area contributed by atoms with Gasteiger partial charge in [-0.2, -0.15) is 4.31 Å². The highest BCUT2D eigenvalue weighted by molar-refractivity contribution is 7.89. The monoisotopic (exact) mass is 493 g/mol. The van der Waals surface area contributed by atoms with Crippen molar-refractivity contribution in [1.82, 2.24) is 13.7 Å². The van der Waals surface area contributed by atoms with Crippen LogP contribution in [0.2, 0.25) is 0 Å². The zero-order chi connectivity index (χ0) is 24.1. The molecule has 0 amide bonds. The van der Waals surface area contributed by atoms with Crippen molar-refractivity contribution in [3.05, 3.63) is 35.0 Å². The van der Waals surface area contributed by atoms with Crippen molar-refractivity contribution in [3.8, 4) is 17.0 Å². The number of imidazole rings is 1. The van der Waals surface area contributed by atoms with E-state index >= 15 is 0 Å². The largest absolute Gasteiger partial charge is 0.495 e. The molecule has 1 fully saturated rings. The van der Waals surface area contributed by atoms with Crippen LogP contribution in [-0.2, 0) is 15.6 Å². The van der Waals surface area contributed by atoms with E-state index in [1.165, 1.54) is 22.8 Å². The Morgan fingerprint density at radius 2 is 1.91 bits per heavy atom. The summed E-state index contributed by atoms with van der Waals surface area (Å²) in [6.45, 7) is 5.34. The van der Waals surface area contributed by atoms with Crippen molar-refractivity contribution in [2.24, 2.45) is 0 Å². The van der Waals surface area contributed by atoms with E-state index in [4.69, 9.17) is 4.74 Å². The summed E-state index contributed by atoms with van der Waals surface area (Å²) in [5, 5.41) is 20.2. The molecule has 1 aliphatic rings. The van der Waals surface area contributed by atoms with Gasteiger partial charge in [-0.25, -0.2) is 13.4 Å². The van der Waals surface area contributed by atoms with E-state index in [0.717, 1.165) is 21.2 Å². The zero-order valence-electron chi connectivity index (χ0n) is 19.6. The Bertz CT molecular complexity index is 1270. The van der Waals surface area contributed by atoms with Gasteiger partial charge >= 0.3 is 0 Å². The van der Waals surface area contributed by atoms with Crippen molar-refractivity contribution in [3.63, 3.8) is 0 Å². The van der Waals surface area contributed by atoms with Crippen molar-refractivity contribution >= 4 is 26.3 Å². The fraction of sp³-hybridized carbons (Fsp3) is 0.522. The van der Waals surface area contributed by atoms with E-state index in [9.17, 15) is 18.6 Å². The van der Waals surface area contributed by atoms with Crippen molar-refractivity contribution in [2.75, 3.05) is 14.2 Å². The molecule has 2 N–H and O–H groups in total. The highest BCUT2D eigenvalue weighted by atomic mass is 32.2. The van der Waals surface area contributed by atoms with Gasteiger partial charge in [0.1, 0.15) is 10.6 Å². The lowest BCUT2D eigenvalue weighted by Crippen LogP contribution is -2.40. The first kappa shape index (κ1) is 24.2. The number of methoxy groups -OCH3 is 1. The number of benzene rings is 1. The zero-order valence-corrected chi connectivity index (χ0v) is 21.2. The maximum absolute atomic E-state index is 13.6. The molecule has 8 nitrogen and oxygen atoms in total. The minimum Gasteiger partial charge on any atom is -0.495 e. The minimum absolute atomic E-state index is 0.100. The van der Waals surface area contributed by atoms with Crippen molar-refractivity contribution in [1.29, 1.82) is 0 Å². The maximum Gasteiger partial charge on any atom is 0.246 e. The number of rotatable bonds is 6. The third-order valence-electron chi connectivity index (χ3n) is 6.38. The smallest absolute Gasteiger partial charge is 0.246 e. The van der Waals surface area contributed by atoms with Crippen LogP contribution in [0.4, 0.5) is 0 Å². The Hall–Kier alpha value is -1.98. The Morgan fingerprint density at radius 1 is 1.24 bits per heavy atom. The number of nitrogens with zero attached hydrogens (tertiary/aromatic N) is 3. The van der Waals surface area contributed by atoms with Gasteiger partial charge in [0.05, 0.1) is 35.1 Å². The number of aryl methyl sites for hydroxylation is 1. The molecule has 180 valence electrons. The molecule has 10 heteroatoms. The summed E-state index contributed by atoms with van der Waals surface area (Å²) < 4.78 is 36.0. The molecule has 2 aromatic heterocycles. The Balaban J connectivity index is 1.79. The van der Waals surface area contributed by atoms with Gasteiger partial charge in [-0.15, -0.1) is 0 Å². The first-order valence-electron chi connectivity index (χ1n) is 11.0. The SMILES string of the molecule is COc1ccc(-c2c(C)nc3sc(C(C)(C)O)cn23)cc1S(=O)(=O)N(C)C1CCC(O)CC1. The van der Waals surface area contributed by atoms with E-state index in [-0.39, 0.29) is 22.8 Å². The first-order valence-corrected chi connectivity index (χ1v) is 13.2. The van der Waals surface area contributed by atoms with Gasteiger partial charge in [0.25, 0.3) is 0 Å². The van der Waals surface area contributed by atoms with Crippen LogP contribution in [0.25, 0.3) is 16.2 Å². The summed E-state index contributed by atoms with van der Waals surface area (Å²) in [7, 11) is -0.779. The number of fused-ring (bicyclic) bond motifs is 1. The summed E-state index contributed by atoms with van der Waals surface area (Å²) in [4.78, 5) is 6.23. The van der Waals surface area contributed by atoms with Crippen LogP contribution in [0, 0.1) is 6.92 Å². The molecular weight excluding hydrogens is 462 g/mol. The number of hydrogen-bond donors (Lipinski definition) is 2. The highest BCUT2D eigenvalue weighted by Gasteiger charge is 2.33. The number of aliphatic hydroxyl groups is 2. The van der Waals surface area contributed by atoms with Crippen molar-refractivity contribution < 1.29 is 23.4 Å². The van der Waals surface area contributed by atoms with Gasteiger partial charge in [0.2, 0.25) is 10.0 Å². The molecule has 33 heavy (non-hydrogen) atoms. The number of aromatic nitrogens is 2. The fourth-order valence-electron chi connectivity index (χ4n) is 4.38. The molecule has 1 saturated carbocycles. The number of aliphatic hydroxyl groups excluding tert-OH is 1. The second-order valence-corrected chi connectivity index (χ2v) is 12.2. The molecule has 0 unspecified atom stereocenters. The van der Waals surface area contributed by atoms with Gasteiger partial charge in [-0.1, -0.05) is 11.3 Å². The van der Waals surface area contributed by atoms with Gasteiger partial charge < -0.3 is 14.9 Å². The Labute approximate surface area is 198 Å². The van der Waals surface area contributed by atoms with E-state index in [0.29, 0.717) is 31.2 Å². The predicted molar refractivity (Wildman–Crippen MR) is 128 cm³/mol. The van der Waals surface area contributed by atoms with Crippen LogP contribution in [0.1, 0.15) is 50.1 Å². The molecule has 0 saturated heterocycles. The summed E-state index contributed by atoms with van der Waals surface area (Å²) in [5.74, 6) is 0.280. The molecule has 0 spiro atoms. The van der Waals surface area contributed by atoms with Gasteiger partial charge in [-0.3, -0.25) is 4.40 Å². The molecule has 2 heterocycles. The van der Waals surface area contributed by atoms with Crippen molar-refractivity contribution in [2.45, 2.75) is 69.1 Å². The lowest BCUT2D eigenvalue weighted by Gasteiger charge is -2.32. The molecule has 0 radical (unpaired) electrons. The predicted octanol–water partition coefficient (Wildman–Crippen LogP) is 3.53. The molecule has 0 atom stereocenters. The van der Waals surface area contributed by atoms with Crippen LogP contribution in [0.15, 0.2) is 29.3 Å².